The lowest BCUT2D eigenvalue weighted by Crippen LogP contribution is -2.60. The molecule has 3 aromatic heterocycles. The van der Waals surface area contributed by atoms with Gasteiger partial charge in [-0.25, -0.2) is 0 Å². The van der Waals surface area contributed by atoms with Crippen molar-refractivity contribution in [2.75, 3.05) is 9.80 Å². The number of hydrogen-bond acceptors (Lipinski definition) is 4. The highest BCUT2D eigenvalue weighted by Crippen LogP contribution is 2.62. The molecule has 63 heavy (non-hydrogen) atoms. The Labute approximate surface area is 377 Å². The van der Waals surface area contributed by atoms with Gasteiger partial charge in [-0.3, -0.25) is 0 Å². The largest absolute Gasteiger partial charge is 0.334 e. The van der Waals surface area contributed by atoms with Gasteiger partial charge >= 0.3 is 0 Å². The molecule has 0 bridgehead atoms. The molecule has 3 nitrogen and oxygen atoms in total. The predicted octanol–water partition coefficient (Wildman–Crippen LogP) is 14.3. The van der Waals surface area contributed by atoms with E-state index in [4.69, 9.17) is 0 Å². The van der Waals surface area contributed by atoms with Crippen molar-refractivity contribution in [2.45, 2.75) is 83.6 Å². The van der Waals surface area contributed by atoms with E-state index in [0.717, 1.165) is 0 Å². The summed E-state index contributed by atoms with van der Waals surface area (Å²) in [4.78, 5) is 5.47. The summed E-state index contributed by atoms with van der Waals surface area (Å²) in [7, 11) is 0. The molecule has 10 aromatic rings. The molecule has 4 aliphatic rings. The van der Waals surface area contributed by atoms with Gasteiger partial charge in [-0.2, -0.15) is 0 Å². The Hall–Kier alpha value is -5.82. The van der Waals surface area contributed by atoms with E-state index in [0.29, 0.717) is 0 Å². The quantitative estimate of drug-likeness (QED) is 0.161. The fraction of sp³-hybridized carbons (Fsp3) is 0.228. The molecule has 1 fully saturated rings. The van der Waals surface area contributed by atoms with Crippen molar-refractivity contribution in [3.05, 3.63) is 150 Å². The molecule has 1 saturated carbocycles. The van der Waals surface area contributed by atoms with Crippen molar-refractivity contribution in [1.29, 1.82) is 0 Å². The van der Waals surface area contributed by atoms with Crippen LogP contribution in [0.15, 0.2) is 133 Å². The second-order valence-corrected chi connectivity index (χ2v) is 22.6. The summed E-state index contributed by atoms with van der Waals surface area (Å²) in [5.74, 6) is 0. The summed E-state index contributed by atoms with van der Waals surface area (Å²) in [5, 5.41) is 5.36. The van der Waals surface area contributed by atoms with Crippen LogP contribution in [0.3, 0.4) is 0 Å². The molecule has 1 aliphatic carbocycles. The normalized spacial score (nSPS) is 20.0. The van der Waals surface area contributed by atoms with E-state index in [-0.39, 0.29) is 23.1 Å². The highest BCUT2D eigenvalue weighted by molar-refractivity contribution is 7.27. The molecule has 2 unspecified atom stereocenters. The van der Waals surface area contributed by atoms with Crippen LogP contribution in [-0.2, 0) is 10.8 Å². The zero-order chi connectivity index (χ0) is 42.3. The molecule has 7 aromatic carbocycles. The van der Waals surface area contributed by atoms with Crippen LogP contribution < -0.4 is 26.2 Å². The second-order valence-electron chi connectivity index (χ2n) is 20.5. The second kappa shape index (κ2) is 12.3. The van der Waals surface area contributed by atoms with Gasteiger partial charge in [0.15, 0.2) is 0 Å². The van der Waals surface area contributed by atoms with Gasteiger partial charge in [0.25, 0.3) is 6.71 Å². The summed E-state index contributed by atoms with van der Waals surface area (Å²) in [6.07, 6.45) is 4.90. The van der Waals surface area contributed by atoms with Gasteiger partial charge in [-0.05, 0) is 120 Å². The summed E-state index contributed by atoms with van der Waals surface area (Å²) in [6, 6.07) is 52.2. The number of fused-ring (bicyclic) bond motifs is 15. The number of para-hydroxylation sites is 1. The number of benzene rings is 7. The number of nitrogens with zero attached hydrogens (tertiary/aromatic N) is 3. The fourth-order valence-electron chi connectivity index (χ4n) is 13.0. The maximum Gasteiger partial charge on any atom is 0.252 e. The van der Waals surface area contributed by atoms with Crippen LogP contribution in [0, 0.1) is 6.92 Å². The van der Waals surface area contributed by atoms with Gasteiger partial charge in [-0.1, -0.05) is 119 Å². The highest BCUT2D eigenvalue weighted by atomic mass is 32.1. The van der Waals surface area contributed by atoms with Gasteiger partial charge in [-0.15, -0.1) is 22.7 Å². The summed E-state index contributed by atoms with van der Waals surface area (Å²) < 4.78 is 8.04. The van der Waals surface area contributed by atoms with E-state index >= 15 is 0 Å². The van der Waals surface area contributed by atoms with Crippen LogP contribution in [0.25, 0.3) is 57.1 Å². The number of thiophene rings is 2. The number of aryl methyl sites for hydroxylation is 1. The zero-order valence-corrected chi connectivity index (χ0v) is 38.4. The SMILES string of the molecule is Cc1cc2c3c(c1)-n1c4c(cccc4c4sc5ccccc5c41)B3c1ccc(N3c4ccc(C(C)(C)C)cc4C4(C)CCCCC34C)cc1N2c1cccc2sc3ccccc3c12. The lowest BCUT2D eigenvalue weighted by molar-refractivity contribution is 0.195. The van der Waals surface area contributed by atoms with Crippen LogP contribution in [0.1, 0.15) is 77.0 Å². The molecule has 6 heterocycles. The van der Waals surface area contributed by atoms with Crippen LogP contribution >= 0.6 is 22.7 Å². The standard InChI is InChI=1S/C57H48BN3S2/c1-33-29-45-51-46(30-33)60-52-38(54-53(60)37-16-8-10-21-48(37)63-54)17-13-18-41(52)58(51)40-25-24-35(32-44(40)59(45)43-19-14-22-49-50(43)36-15-7-9-20-47(36)62-49)61-42-26-23-34(55(2,3)4)31-39(42)56(5)27-11-12-28-57(56,61)6/h7-10,13-26,29-32H,11-12,27-28H2,1-6H3. The third kappa shape index (κ3) is 4.56. The van der Waals surface area contributed by atoms with E-state index < -0.39 is 0 Å². The van der Waals surface area contributed by atoms with E-state index in [1.165, 1.54) is 144 Å². The van der Waals surface area contributed by atoms with Crippen LogP contribution in [-0.4, -0.2) is 16.8 Å². The number of anilines is 5. The third-order valence-corrected chi connectivity index (χ3v) is 18.4. The molecule has 0 N–H and O–H groups in total. The number of aromatic nitrogens is 1. The fourth-order valence-corrected chi connectivity index (χ4v) is 15.3. The Balaban J connectivity index is 1.09. The summed E-state index contributed by atoms with van der Waals surface area (Å²) in [5.41, 5.74) is 19.0. The molecule has 0 saturated heterocycles. The Morgan fingerprint density at radius 1 is 0.587 bits per heavy atom. The van der Waals surface area contributed by atoms with Crippen molar-refractivity contribution in [1.82, 2.24) is 4.57 Å². The smallest absolute Gasteiger partial charge is 0.252 e. The van der Waals surface area contributed by atoms with Crippen LogP contribution in [0.5, 0.6) is 0 Å². The Bertz CT molecular complexity index is 3660. The molecular formula is C57H48BN3S2. The topological polar surface area (TPSA) is 11.4 Å². The van der Waals surface area contributed by atoms with Crippen molar-refractivity contribution in [2.24, 2.45) is 0 Å². The molecular weight excluding hydrogens is 802 g/mol. The Morgan fingerprint density at radius 2 is 1.32 bits per heavy atom. The number of hydrogen-bond donors (Lipinski definition) is 0. The van der Waals surface area contributed by atoms with Gasteiger partial charge in [0.2, 0.25) is 0 Å². The summed E-state index contributed by atoms with van der Waals surface area (Å²) in [6.45, 7) is 14.6. The van der Waals surface area contributed by atoms with Crippen LogP contribution in [0.4, 0.5) is 28.4 Å². The Kier molecular flexibility index (Phi) is 7.13. The maximum atomic E-state index is 2.79. The predicted molar refractivity (Wildman–Crippen MR) is 275 cm³/mol. The van der Waals surface area contributed by atoms with Gasteiger partial charge in [0.05, 0.1) is 27.0 Å². The first-order valence-corrected chi connectivity index (χ1v) is 24.6. The molecule has 0 amide bonds. The van der Waals surface area contributed by atoms with Crippen LogP contribution in [0.2, 0.25) is 0 Å². The molecule has 6 heteroatoms. The Morgan fingerprint density at radius 3 is 2.16 bits per heavy atom. The maximum absolute atomic E-state index is 2.79. The first-order chi connectivity index (χ1) is 30.5. The van der Waals surface area contributed by atoms with Crippen molar-refractivity contribution >= 4 is 126 Å². The van der Waals surface area contributed by atoms with Gasteiger partial charge in [0, 0.05) is 69.5 Å². The minimum Gasteiger partial charge on any atom is -0.334 e. The molecule has 306 valence electrons. The van der Waals surface area contributed by atoms with Crippen molar-refractivity contribution in [3.63, 3.8) is 0 Å². The minimum atomic E-state index is -0.0607. The summed E-state index contributed by atoms with van der Waals surface area (Å²) >= 11 is 3.85. The minimum absolute atomic E-state index is 0.0404. The lowest BCUT2D eigenvalue weighted by atomic mass is 9.33. The average molecular weight is 850 g/mol. The van der Waals surface area contributed by atoms with E-state index in [1.54, 1.807) is 0 Å². The molecule has 0 spiro atoms. The first kappa shape index (κ1) is 36.6. The van der Waals surface area contributed by atoms with E-state index in [1.807, 2.05) is 22.7 Å². The van der Waals surface area contributed by atoms with Crippen molar-refractivity contribution in [3.8, 4) is 5.69 Å². The lowest BCUT2D eigenvalue weighted by Gasteiger charge is -2.50. The van der Waals surface area contributed by atoms with E-state index in [2.05, 4.69) is 189 Å². The molecule has 2 atom stereocenters. The average Bonchev–Trinajstić information content (AvgIpc) is 4.00. The monoisotopic (exact) mass is 849 g/mol. The first-order valence-electron chi connectivity index (χ1n) is 22.9. The third-order valence-electron chi connectivity index (χ3n) is 16.1. The van der Waals surface area contributed by atoms with Gasteiger partial charge < -0.3 is 14.4 Å². The zero-order valence-electron chi connectivity index (χ0n) is 36.8. The van der Waals surface area contributed by atoms with Gasteiger partial charge in [0.1, 0.15) is 0 Å². The molecule has 14 rings (SSSR count). The molecule has 3 aliphatic heterocycles. The highest BCUT2D eigenvalue weighted by Gasteiger charge is 2.58. The van der Waals surface area contributed by atoms with E-state index in [9.17, 15) is 0 Å². The van der Waals surface area contributed by atoms with Crippen molar-refractivity contribution < 1.29 is 0 Å². The number of rotatable bonds is 2. The molecule has 0 radical (unpaired) electrons.